The molecule has 2 N–H and O–H groups in total. The predicted molar refractivity (Wildman–Crippen MR) is 67.7 cm³/mol. The van der Waals surface area contributed by atoms with Crippen LogP contribution >= 0.6 is 0 Å². The average Bonchev–Trinajstić information content (AvgIpc) is 2.73. The van der Waals surface area contributed by atoms with Gasteiger partial charge in [-0.15, -0.1) is 0 Å². The van der Waals surface area contributed by atoms with Crippen molar-refractivity contribution in [3.8, 4) is 11.6 Å². The number of aryl methyl sites for hydroxylation is 1. The second kappa shape index (κ2) is 5.16. The third-order valence-corrected chi connectivity index (χ3v) is 2.95. The van der Waals surface area contributed by atoms with E-state index in [2.05, 4.69) is 5.10 Å². The normalized spacial score (nSPS) is 11.7. The van der Waals surface area contributed by atoms with Gasteiger partial charge < -0.3 is 10.5 Å². The van der Waals surface area contributed by atoms with Gasteiger partial charge in [-0.25, -0.2) is 4.68 Å². The van der Waals surface area contributed by atoms with Gasteiger partial charge in [0.25, 0.3) is 0 Å². The van der Waals surface area contributed by atoms with Crippen LogP contribution in [0.5, 0.6) is 5.88 Å². The largest absolute Gasteiger partial charge is 0.481 e. The molecule has 2 rings (SSSR count). The molecule has 0 bridgehead atoms. The van der Waals surface area contributed by atoms with E-state index in [4.69, 9.17) is 10.5 Å². The van der Waals surface area contributed by atoms with Crippen molar-refractivity contribution in [2.24, 2.45) is 5.73 Å². The summed E-state index contributed by atoms with van der Waals surface area (Å²) in [6, 6.07) is 4.90. The van der Waals surface area contributed by atoms with Crippen LogP contribution in [0.3, 0.4) is 0 Å². The molecule has 0 saturated carbocycles. The molecule has 1 aromatic carbocycles. The topological polar surface area (TPSA) is 53.1 Å². The molecule has 0 aliphatic heterocycles. The molecule has 1 aromatic heterocycles. The minimum atomic E-state index is -4.40. The Morgan fingerprint density at radius 1 is 1.35 bits per heavy atom. The lowest BCUT2D eigenvalue weighted by atomic mass is 10.2. The molecule has 0 unspecified atom stereocenters. The van der Waals surface area contributed by atoms with Crippen LogP contribution in [0, 0.1) is 6.92 Å². The SMILES string of the molecule is COc1c(CN)c(C)nn1-c1cccc(C(F)(F)F)c1. The highest BCUT2D eigenvalue weighted by molar-refractivity contribution is 5.43. The fourth-order valence-electron chi connectivity index (χ4n) is 1.97. The van der Waals surface area contributed by atoms with E-state index in [-0.39, 0.29) is 12.2 Å². The highest BCUT2D eigenvalue weighted by Gasteiger charge is 2.31. The summed E-state index contributed by atoms with van der Waals surface area (Å²) in [5.74, 6) is 0.351. The smallest absolute Gasteiger partial charge is 0.416 e. The number of nitrogens with zero attached hydrogens (tertiary/aromatic N) is 2. The molecular weight excluding hydrogens is 271 g/mol. The highest BCUT2D eigenvalue weighted by Crippen LogP contribution is 2.32. The monoisotopic (exact) mass is 285 g/mol. The van der Waals surface area contributed by atoms with E-state index in [9.17, 15) is 13.2 Å². The lowest BCUT2D eigenvalue weighted by molar-refractivity contribution is -0.137. The summed E-state index contributed by atoms with van der Waals surface area (Å²) in [7, 11) is 1.43. The Balaban J connectivity index is 2.57. The molecule has 20 heavy (non-hydrogen) atoms. The lowest BCUT2D eigenvalue weighted by Crippen LogP contribution is -2.07. The number of methoxy groups -OCH3 is 1. The number of rotatable bonds is 3. The van der Waals surface area contributed by atoms with Gasteiger partial charge in [-0.2, -0.15) is 18.3 Å². The summed E-state index contributed by atoms with van der Waals surface area (Å²) in [6.07, 6.45) is -4.40. The standard InChI is InChI=1S/C13H14F3N3O/c1-8-11(7-17)12(20-2)19(18-8)10-5-3-4-9(6-10)13(14,15)16/h3-6H,7,17H2,1-2H3. The number of ether oxygens (including phenoxy) is 1. The van der Waals surface area contributed by atoms with Crippen LogP contribution in [0.2, 0.25) is 0 Å². The predicted octanol–water partition coefficient (Wildman–Crippen LogP) is 2.67. The Labute approximate surface area is 114 Å². The van der Waals surface area contributed by atoms with Gasteiger partial charge in [0.2, 0.25) is 5.88 Å². The number of aromatic nitrogens is 2. The van der Waals surface area contributed by atoms with E-state index in [1.54, 1.807) is 6.92 Å². The zero-order valence-electron chi connectivity index (χ0n) is 11.0. The Morgan fingerprint density at radius 2 is 2.05 bits per heavy atom. The van der Waals surface area contributed by atoms with Gasteiger partial charge >= 0.3 is 6.18 Å². The maximum absolute atomic E-state index is 12.7. The zero-order valence-corrected chi connectivity index (χ0v) is 11.0. The molecular formula is C13H14F3N3O. The van der Waals surface area contributed by atoms with Crippen molar-refractivity contribution < 1.29 is 17.9 Å². The summed E-state index contributed by atoms with van der Waals surface area (Å²) in [6.45, 7) is 1.93. The maximum atomic E-state index is 12.7. The van der Waals surface area contributed by atoms with Gasteiger partial charge in [-0.1, -0.05) is 6.07 Å². The molecule has 0 atom stereocenters. The summed E-state index contributed by atoms with van der Waals surface area (Å²) in [5, 5.41) is 4.19. The van der Waals surface area contributed by atoms with Gasteiger partial charge in [0.05, 0.1) is 29.6 Å². The molecule has 2 aromatic rings. The van der Waals surface area contributed by atoms with E-state index in [0.717, 1.165) is 12.1 Å². The van der Waals surface area contributed by atoms with E-state index in [1.165, 1.54) is 23.9 Å². The number of alkyl halides is 3. The van der Waals surface area contributed by atoms with Crippen LogP contribution in [0.4, 0.5) is 13.2 Å². The number of nitrogens with two attached hydrogens (primary N) is 1. The Kier molecular flexibility index (Phi) is 3.71. The molecule has 0 aliphatic carbocycles. The van der Waals surface area contributed by atoms with Gasteiger partial charge in [-0.3, -0.25) is 0 Å². The van der Waals surface area contributed by atoms with E-state index >= 15 is 0 Å². The molecule has 7 heteroatoms. The third kappa shape index (κ3) is 2.49. The fraction of sp³-hybridized carbons (Fsp3) is 0.308. The van der Waals surface area contributed by atoms with Crippen LogP contribution in [0.15, 0.2) is 24.3 Å². The number of hydrogen-bond donors (Lipinski definition) is 1. The van der Waals surface area contributed by atoms with Crippen LogP contribution in [-0.4, -0.2) is 16.9 Å². The van der Waals surface area contributed by atoms with Crippen LogP contribution in [-0.2, 0) is 12.7 Å². The highest BCUT2D eigenvalue weighted by atomic mass is 19.4. The first kappa shape index (κ1) is 14.4. The average molecular weight is 285 g/mol. The molecule has 0 fully saturated rings. The first-order chi connectivity index (χ1) is 9.38. The van der Waals surface area contributed by atoms with Crippen molar-refractivity contribution in [3.05, 3.63) is 41.1 Å². The van der Waals surface area contributed by atoms with E-state index in [0.29, 0.717) is 17.1 Å². The fourth-order valence-corrected chi connectivity index (χ4v) is 1.97. The van der Waals surface area contributed by atoms with Crippen molar-refractivity contribution in [2.75, 3.05) is 7.11 Å². The van der Waals surface area contributed by atoms with E-state index in [1.807, 2.05) is 0 Å². The quantitative estimate of drug-likeness (QED) is 0.943. The Morgan fingerprint density at radius 3 is 2.60 bits per heavy atom. The van der Waals surface area contributed by atoms with Crippen molar-refractivity contribution in [1.82, 2.24) is 9.78 Å². The van der Waals surface area contributed by atoms with Crippen molar-refractivity contribution >= 4 is 0 Å². The molecule has 0 saturated heterocycles. The first-order valence-electron chi connectivity index (χ1n) is 5.88. The van der Waals surface area contributed by atoms with Crippen molar-refractivity contribution in [3.63, 3.8) is 0 Å². The van der Waals surface area contributed by atoms with Crippen molar-refractivity contribution in [1.29, 1.82) is 0 Å². The van der Waals surface area contributed by atoms with Crippen molar-refractivity contribution in [2.45, 2.75) is 19.6 Å². The Bertz CT molecular complexity index is 620. The molecule has 108 valence electrons. The first-order valence-corrected chi connectivity index (χ1v) is 5.88. The third-order valence-electron chi connectivity index (χ3n) is 2.95. The minimum absolute atomic E-state index is 0.202. The number of halogens is 3. The van der Waals surface area contributed by atoms with Gasteiger partial charge in [0, 0.05) is 6.54 Å². The summed E-state index contributed by atoms with van der Waals surface area (Å²) >= 11 is 0. The van der Waals surface area contributed by atoms with Crippen LogP contribution in [0.1, 0.15) is 16.8 Å². The maximum Gasteiger partial charge on any atom is 0.416 e. The number of benzene rings is 1. The summed E-state index contributed by atoms with van der Waals surface area (Å²) < 4.78 is 44.7. The summed E-state index contributed by atoms with van der Waals surface area (Å²) in [5.41, 5.74) is 6.44. The van der Waals surface area contributed by atoms with E-state index < -0.39 is 11.7 Å². The molecule has 1 heterocycles. The van der Waals surface area contributed by atoms with Crippen LogP contribution in [0.25, 0.3) is 5.69 Å². The molecule has 0 amide bonds. The summed E-state index contributed by atoms with van der Waals surface area (Å²) in [4.78, 5) is 0. The van der Waals surface area contributed by atoms with Gasteiger partial charge in [0.1, 0.15) is 0 Å². The van der Waals surface area contributed by atoms with Crippen LogP contribution < -0.4 is 10.5 Å². The molecule has 4 nitrogen and oxygen atoms in total. The Hall–Kier alpha value is -2.02. The van der Waals surface area contributed by atoms with Gasteiger partial charge in [0.15, 0.2) is 0 Å². The minimum Gasteiger partial charge on any atom is -0.481 e. The second-order valence-electron chi connectivity index (χ2n) is 4.24. The molecule has 0 radical (unpaired) electrons. The zero-order chi connectivity index (χ0) is 14.9. The lowest BCUT2D eigenvalue weighted by Gasteiger charge is -2.11. The number of hydrogen-bond acceptors (Lipinski definition) is 3. The molecule has 0 aliphatic rings. The van der Waals surface area contributed by atoms with Gasteiger partial charge in [-0.05, 0) is 25.1 Å². The molecule has 0 spiro atoms. The second-order valence-corrected chi connectivity index (χ2v) is 4.24.